The van der Waals surface area contributed by atoms with Gasteiger partial charge in [0.15, 0.2) is 0 Å². The molecule has 0 aromatic heterocycles. The molecule has 1 unspecified atom stereocenters. The molecule has 0 fully saturated rings. The van der Waals surface area contributed by atoms with Crippen molar-refractivity contribution in [2.75, 3.05) is 6.54 Å². The Bertz CT molecular complexity index is 315. The van der Waals surface area contributed by atoms with E-state index in [1.54, 1.807) is 6.08 Å². The van der Waals surface area contributed by atoms with Crippen molar-refractivity contribution in [3.05, 3.63) is 36.0 Å². The molecular formula is C10H10F3NO. The fourth-order valence-electron chi connectivity index (χ4n) is 1.16. The summed E-state index contributed by atoms with van der Waals surface area (Å²) in [5.74, 6) is -0.203. The van der Waals surface area contributed by atoms with E-state index in [-0.39, 0.29) is 5.92 Å². The van der Waals surface area contributed by atoms with Crippen molar-refractivity contribution in [3.63, 3.8) is 0 Å². The predicted molar refractivity (Wildman–Crippen MR) is 50.0 cm³/mol. The molecule has 0 bridgehead atoms. The van der Waals surface area contributed by atoms with Crippen molar-refractivity contribution < 1.29 is 18.0 Å². The number of halogens is 3. The highest BCUT2D eigenvalue weighted by Crippen LogP contribution is 2.28. The van der Waals surface area contributed by atoms with Crippen LogP contribution < -0.4 is 5.32 Å². The van der Waals surface area contributed by atoms with Gasteiger partial charge in [0, 0.05) is 12.5 Å². The molecule has 0 heterocycles. The number of alkyl halides is 3. The van der Waals surface area contributed by atoms with Gasteiger partial charge in [-0.25, -0.2) is 0 Å². The number of hydrogen-bond acceptors (Lipinski definition) is 1. The van der Waals surface area contributed by atoms with Crippen LogP contribution in [0.2, 0.25) is 0 Å². The van der Waals surface area contributed by atoms with Crippen LogP contribution in [0.15, 0.2) is 36.0 Å². The van der Waals surface area contributed by atoms with Gasteiger partial charge in [-0.05, 0) is 0 Å². The summed E-state index contributed by atoms with van der Waals surface area (Å²) in [6, 6.07) is 0. The first kappa shape index (κ1) is 11.6. The summed E-state index contributed by atoms with van der Waals surface area (Å²) in [6.07, 6.45) is 2.60. The number of carbonyl (C=O) groups excluding carboxylic acids is 1. The van der Waals surface area contributed by atoms with Crippen LogP contribution in [0, 0.1) is 5.92 Å². The molecule has 5 heteroatoms. The zero-order valence-electron chi connectivity index (χ0n) is 7.79. The second kappa shape index (κ2) is 4.82. The van der Waals surface area contributed by atoms with E-state index in [0.29, 0.717) is 13.0 Å². The fraction of sp³-hybridized carbons (Fsp3) is 0.300. The number of amides is 1. The number of carbonyl (C=O) groups is 1. The van der Waals surface area contributed by atoms with Crippen molar-refractivity contribution in [3.8, 4) is 0 Å². The van der Waals surface area contributed by atoms with Gasteiger partial charge in [-0.15, -0.1) is 0 Å². The maximum atomic E-state index is 12.3. The van der Waals surface area contributed by atoms with Crippen LogP contribution in [0.25, 0.3) is 0 Å². The lowest BCUT2D eigenvalue weighted by molar-refractivity contribution is -0.109. The van der Waals surface area contributed by atoms with Crippen molar-refractivity contribution in [2.24, 2.45) is 5.92 Å². The zero-order valence-corrected chi connectivity index (χ0v) is 7.79. The van der Waals surface area contributed by atoms with E-state index in [2.05, 4.69) is 5.32 Å². The van der Waals surface area contributed by atoms with Gasteiger partial charge in [0.25, 0.3) is 0 Å². The Hall–Kier alpha value is -1.52. The molecule has 1 aliphatic rings. The minimum Gasteiger partial charge on any atom is -0.358 e. The molecule has 1 aliphatic carbocycles. The Morgan fingerprint density at radius 1 is 1.40 bits per heavy atom. The van der Waals surface area contributed by atoms with Crippen molar-refractivity contribution in [1.29, 1.82) is 0 Å². The quantitative estimate of drug-likeness (QED) is 0.719. The van der Waals surface area contributed by atoms with Gasteiger partial charge in [-0.2, -0.15) is 13.2 Å². The largest absolute Gasteiger partial charge is 0.416 e. The predicted octanol–water partition coefficient (Wildman–Crippen LogP) is 1.96. The van der Waals surface area contributed by atoms with E-state index < -0.39 is 11.7 Å². The number of hydrogen-bond donors (Lipinski definition) is 1. The minimum atomic E-state index is -4.33. The lowest BCUT2D eigenvalue weighted by atomic mass is 10.1. The van der Waals surface area contributed by atoms with Gasteiger partial charge < -0.3 is 5.32 Å². The fourth-order valence-corrected chi connectivity index (χ4v) is 1.16. The van der Waals surface area contributed by atoms with Gasteiger partial charge in [-0.1, -0.05) is 30.4 Å². The molecule has 0 aliphatic heterocycles. The third-order valence-corrected chi connectivity index (χ3v) is 1.92. The highest BCUT2D eigenvalue weighted by Gasteiger charge is 2.31. The van der Waals surface area contributed by atoms with Crippen LogP contribution in [-0.4, -0.2) is 19.1 Å². The molecule has 0 aromatic carbocycles. The van der Waals surface area contributed by atoms with E-state index in [1.165, 1.54) is 12.2 Å². The molecule has 0 saturated heterocycles. The summed E-state index contributed by atoms with van der Waals surface area (Å²) < 4.78 is 36.8. The lowest BCUT2D eigenvalue weighted by Gasteiger charge is -2.06. The van der Waals surface area contributed by atoms with Crippen molar-refractivity contribution >= 4 is 6.41 Å². The molecule has 15 heavy (non-hydrogen) atoms. The van der Waals surface area contributed by atoms with E-state index in [4.69, 9.17) is 0 Å². The molecule has 0 aromatic rings. The molecule has 1 rings (SSSR count). The van der Waals surface area contributed by atoms with Crippen molar-refractivity contribution in [1.82, 2.24) is 5.32 Å². The maximum Gasteiger partial charge on any atom is 0.416 e. The van der Waals surface area contributed by atoms with Crippen LogP contribution in [0.5, 0.6) is 0 Å². The molecule has 82 valence electrons. The highest BCUT2D eigenvalue weighted by atomic mass is 19.4. The van der Waals surface area contributed by atoms with Gasteiger partial charge in [-0.3, -0.25) is 4.79 Å². The summed E-state index contributed by atoms with van der Waals surface area (Å²) in [7, 11) is 0. The first-order chi connectivity index (χ1) is 7.04. The topological polar surface area (TPSA) is 29.1 Å². The van der Waals surface area contributed by atoms with Crippen LogP contribution in [0.1, 0.15) is 0 Å². The average Bonchev–Trinajstić information content (AvgIpc) is 2.38. The second-order valence-electron chi connectivity index (χ2n) is 3.05. The molecule has 2 nitrogen and oxygen atoms in total. The summed E-state index contributed by atoms with van der Waals surface area (Å²) in [6.45, 7) is 0.301. The first-order valence-corrected chi connectivity index (χ1v) is 4.35. The summed E-state index contributed by atoms with van der Waals surface area (Å²) in [4.78, 5) is 10.0. The summed E-state index contributed by atoms with van der Waals surface area (Å²) >= 11 is 0. The Kier molecular flexibility index (Phi) is 3.71. The van der Waals surface area contributed by atoms with Gasteiger partial charge in [0.2, 0.25) is 6.41 Å². The van der Waals surface area contributed by atoms with E-state index in [9.17, 15) is 18.0 Å². The molecular weight excluding hydrogens is 207 g/mol. The molecule has 1 atom stereocenters. The van der Waals surface area contributed by atoms with Crippen LogP contribution >= 0.6 is 0 Å². The van der Waals surface area contributed by atoms with E-state index >= 15 is 0 Å². The Morgan fingerprint density at radius 3 is 2.73 bits per heavy atom. The zero-order chi connectivity index (χ0) is 11.3. The minimum absolute atomic E-state index is 0.203. The SMILES string of the molecule is O=CNCC1C=CC=C(C(F)(F)F)C=C1. The number of nitrogens with one attached hydrogen (secondary N) is 1. The third-order valence-electron chi connectivity index (χ3n) is 1.92. The Balaban J connectivity index is 2.67. The number of rotatable bonds is 3. The second-order valence-corrected chi connectivity index (χ2v) is 3.05. The van der Waals surface area contributed by atoms with E-state index in [0.717, 1.165) is 12.2 Å². The Morgan fingerprint density at radius 2 is 2.13 bits per heavy atom. The molecule has 0 spiro atoms. The first-order valence-electron chi connectivity index (χ1n) is 4.35. The molecule has 1 amide bonds. The molecule has 0 radical (unpaired) electrons. The van der Waals surface area contributed by atoms with Crippen LogP contribution in [-0.2, 0) is 4.79 Å². The Labute approximate surface area is 85.2 Å². The van der Waals surface area contributed by atoms with Crippen molar-refractivity contribution in [2.45, 2.75) is 6.18 Å². The lowest BCUT2D eigenvalue weighted by Crippen LogP contribution is -2.18. The smallest absolute Gasteiger partial charge is 0.358 e. The highest BCUT2D eigenvalue weighted by molar-refractivity contribution is 5.46. The normalized spacial score (nSPS) is 20.7. The van der Waals surface area contributed by atoms with E-state index in [1.807, 2.05) is 0 Å². The van der Waals surface area contributed by atoms with Gasteiger partial charge >= 0.3 is 6.18 Å². The number of allylic oxidation sites excluding steroid dienone is 4. The molecule has 1 N–H and O–H groups in total. The van der Waals surface area contributed by atoms with Gasteiger partial charge in [0.05, 0.1) is 5.57 Å². The maximum absolute atomic E-state index is 12.3. The standard InChI is InChI=1S/C10H10F3NO/c11-10(12,13)9-3-1-2-8(4-5-9)6-14-7-15/h1-5,7-8H,6H2,(H,14,15). The monoisotopic (exact) mass is 217 g/mol. The molecule has 0 saturated carbocycles. The van der Waals surface area contributed by atoms with Gasteiger partial charge in [0.1, 0.15) is 0 Å². The average molecular weight is 217 g/mol. The third kappa shape index (κ3) is 3.61. The summed E-state index contributed by atoms with van der Waals surface area (Å²) in [5.41, 5.74) is -0.688. The summed E-state index contributed by atoms with van der Waals surface area (Å²) in [5, 5.41) is 2.41. The van der Waals surface area contributed by atoms with Crippen LogP contribution in [0.3, 0.4) is 0 Å². The van der Waals surface area contributed by atoms with Crippen LogP contribution in [0.4, 0.5) is 13.2 Å².